The van der Waals surface area contributed by atoms with Gasteiger partial charge >= 0.3 is 0 Å². The summed E-state index contributed by atoms with van der Waals surface area (Å²) in [5, 5.41) is 4.01. The molecule has 0 aliphatic heterocycles. The second kappa shape index (κ2) is 8.29. The number of rotatable bonds is 4. The molecule has 0 radical (unpaired) electrons. The highest BCUT2D eigenvalue weighted by molar-refractivity contribution is 7.19. The molecular weight excluding hydrogens is 430 g/mol. The number of amides is 1. The Morgan fingerprint density at radius 3 is 2.55 bits per heavy atom. The van der Waals surface area contributed by atoms with E-state index in [1.54, 1.807) is 18.2 Å². The third kappa shape index (κ3) is 4.13. The average molecular weight is 452 g/mol. The number of benzene rings is 2. The largest absolute Gasteiger partial charge is 0.324 e. The third-order valence-corrected chi connectivity index (χ3v) is 6.68. The van der Waals surface area contributed by atoms with Crippen LogP contribution < -0.4 is 10.9 Å². The number of carbonyl (C=O) groups excluding carboxylic acids is 1. The van der Waals surface area contributed by atoms with Gasteiger partial charge in [0.15, 0.2) is 0 Å². The molecule has 0 aliphatic carbocycles. The van der Waals surface area contributed by atoms with Gasteiger partial charge in [0.05, 0.1) is 11.7 Å². The molecule has 0 spiro atoms. The summed E-state index contributed by atoms with van der Waals surface area (Å²) in [5.41, 5.74) is 5.55. The fourth-order valence-electron chi connectivity index (χ4n) is 3.61. The minimum atomic E-state index is -0.298. The van der Waals surface area contributed by atoms with Gasteiger partial charge in [0.1, 0.15) is 11.4 Å². The van der Waals surface area contributed by atoms with E-state index in [0.29, 0.717) is 20.9 Å². The fraction of sp³-hybridized carbons (Fsp3) is 0.208. The van der Waals surface area contributed by atoms with E-state index in [1.807, 2.05) is 19.9 Å². The zero-order chi connectivity index (χ0) is 22.3. The number of anilines is 1. The van der Waals surface area contributed by atoms with Gasteiger partial charge in [0.25, 0.3) is 5.56 Å². The highest BCUT2D eigenvalue weighted by Crippen LogP contribution is 2.36. The number of nitrogens with one attached hydrogen (secondary N) is 1. The van der Waals surface area contributed by atoms with Crippen LogP contribution in [0.4, 0.5) is 5.69 Å². The lowest BCUT2D eigenvalue weighted by Crippen LogP contribution is -2.28. The highest BCUT2D eigenvalue weighted by Gasteiger charge is 2.18. The molecule has 4 rings (SSSR count). The van der Waals surface area contributed by atoms with Crippen LogP contribution in [0.2, 0.25) is 5.02 Å². The normalized spacial score (nSPS) is 11.1. The molecule has 5 nitrogen and oxygen atoms in total. The summed E-state index contributed by atoms with van der Waals surface area (Å²) < 4.78 is 1.36. The van der Waals surface area contributed by atoms with Crippen LogP contribution in [0.1, 0.15) is 21.6 Å². The van der Waals surface area contributed by atoms with Gasteiger partial charge in [0.2, 0.25) is 5.91 Å². The van der Waals surface area contributed by atoms with Crippen LogP contribution in [-0.2, 0) is 11.3 Å². The summed E-state index contributed by atoms with van der Waals surface area (Å²) in [5.74, 6) is -0.298. The maximum absolute atomic E-state index is 13.3. The molecule has 4 aromatic rings. The van der Waals surface area contributed by atoms with Crippen molar-refractivity contribution in [1.82, 2.24) is 9.55 Å². The van der Waals surface area contributed by atoms with Crippen LogP contribution in [-0.4, -0.2) is 15.5 Å². The van der Waals surface area contributed by atoms with Crippen molar-refractivity contribution in [1.29, 1.82) is 0 Å². The van der Waals surface area contributed by atoms with Gasteiger partial charge in [-0.1, -0.05) is 29.8 Å². The first-order valence-corrected chi connectivity index (χ1v) is 11.1. The molecular formula is C24H22ClN3O2S. The fourth-order valence-corrected chi connectivity index (χ4v) is 4.84. The quantitative estimate of drug-likeness (QED) is 0.436. The van der Waals surface area contributed by atoms with E-state index in [1.165, 1.54) is 27.8 Å². The predicted molar refractivity (Wildman–Crippen MR) is 128 cm³/mol. The molecule has 0 unspecified atom stereocenters. The average Bonchev–Trinajstić information content (AvgIpc) is 3.05. The molecule has 2 heterocycles. The number of hydrogen-bond donors (Lipinski definition) is 1. The minimum Gasteiger partial charge on any atom is -0.324 e. The zero-order valence-electron chi connectivity index (χ0n) is 17.7. The number of halogens is 1. The summed E-state index contributed by atoms with van der Waals surface area (Å²) in [6, 6.07) is 11.4. The van der Waals surface area contributed by atoms with Crippen molar-refractivity contribution >= 4 is 44.7 Å². The van der Waals surface area contributed by atoms with E-state index < -0.39 is 0 Å². The topological polar surface area (TPSA) is 64.0 Å². The first-order chi connectivity index (χ1) is 14.7. The summed E-state index contributed by atoms with van der Waals surface area (Å²) in [7, 11) is 0. The van der Waals surface area contributed by atoms with Crippen LogP contribution in [0.15, 0.2) is 47.5 Å². The highest BCUT2D eigenvalue weighted by atomic mass is 35.5. The van der Waals surface area contributed by atoms with Gasteiger partial charge in [-0.3, -0.25) is 14.2 Å². The second-order valence-corrected chi connectivity index (χ2v) is 9.34. The lowest BCUT2D eigenvalue weighted by molar-refractivity contribution is -0.116. The van der Waals surface area contributed by atoms with Crippen LogP contribution in [0.3, 0.4) is 0 Å². The van der Waals surface area contributed by atoms with Crippen molar-refractivity contribution in [3.8, 4) is 11.1 Å². The van der Waals surface area contributed by atoms with Crippen LogP contribution in [0, 0.1) is 27.7 Å². The third-order valence-electron chi connectivity index (χ3n) is 5.43. The smallest absolute Gasteiger partial charge is 0.263 e. The van der Waals surface area contributed by atoms with Gasteiger partial charge in [-0.05, 0) is 68.1 Å². The van der Waals surface area contributed by atoms with Crippen molar-refractivity contribution in [3.63, 3.8) is 0 Å². The van der Waals surface area contributed by atoms with Crippen molar-refractivity contribution in [3.05, 3.63) is 79.7 Å². The number of nitrogens with zero attached hydrogens (tertiary/aromatic N) is 2. The Kier molecular flexibility index (Phi) is 5.69. The molecule has 31 heavy (non-hydrogen) atoms. The Hall–Kier alpha value is -2.96. The second-order valence-electron chi connectivity index (χ2n) is 7.70. The summed E-state index contributed by atoms with van der Waals surface area (Å²) in [6.45, 7) is 7.86. The van der Waals surface area contributed by atoms with Crippen molar-refractivity contribution in [2.24, 2.45) is 0 Å². The van der Waals surface area contributed by atoms with Gasteiger partial charge in [-0.25, -0.2) is 4.98 Å². The van der Waals surface area contributed by atoms with Crippen molar-refractivity contribution in [2.45, 2.75) is 34.2 Å². The minimum absolute atomic E-state index is 0.120. The monoisotopic (exact) mass is 451 g/mol. The Labute approximate surface area is 189 Å². The van der Waals surface area contributed by atoms with Crippen molar-refractivity contribution < 1.29 is 4.79 Å². The first kappa shape index (κ1) is 21.3. The summed E-state index contributed by atoms with van der Waals surface area (Å²) >= 11 is 7.47. The molecule has 0 atom stereocenters. The lowest BCUT2D eigenvalue weighted by atomic mass is 9.99. The molecule has 0 saturated carbocycles. The summed E-state index contributed by atoms with van der Waals surface area (Å²) in [6.07, 6.45) is 1.44. The molecule has 1 amide bonds. The van der Waals surface area contributed by atoms with E-state index in [9.17, 15) is 9.59 Å². The maximum Gasteiger partial charge on any atom is 0.263 e. The molecule has 2 aromatic carbocycles. The molecule has 0 bridgehead atoms. The number of aryl methyl sites for hydroxylation is 4. The van der Waals surface area contributed by atoms with E-state index >= 15 is 0 Å². The van der Waals surface area contributed by atoms with Crippen LogP contribution in [0.5, 0.6) is 0 Å². The molecule has 0 saturated heterocycles. The Balaban J connectivity index is 1.71. The molecule has 1 N–H and O–H groups in total. The van der Waals surface area contributed by atoms with Gasteiger partial charge in [0, 0.05) is 21.2 Å². The first-order valence-electron chi connectivity index (χ1n) is 9.86. The molecule has 7 heteroatoms. The number of carbonyl (C=O) groups is 1. The Morgan fingerprint density at radius 2 is 1.84 bits per heavy atom. The summed E-state index contributed by atoms with van der Waals surface area (Å²) in [4.78, 5) is 32.1. The standard InChI is InChI=1S/C24H22ClN3O2S/c1-13-5-6-17(9-14(13)2)21-16(4)31-23-22(21)24(30)28(12-26-23)11-20(29)27-19-8-7-18(25)10-15(19)3/h5-10,12H,11H2,1-4H3,(H,27,29). The molecule has 2 aromatic heterocycles. The van der Waals surface area contributed by atoms with E-state index in [4.69, 9.17) is 11.6 Å². The lowest BCUT2D eigenvalue weighted by Gasteiger charge is -2.10. The van der Waals surface area contributed by atoms with E-state index in [-0.39, 0.29) is 18.0 Å². The van der Waals surface area contributed by atoms with Gasteiger partial charge in [-0.2, -0.15) is 0 Å². The number of thiophene rings is 1. The zero-order valence-corrected chi connectivity index (χ0v) is 19.3. The molecule has 158 valence electrons. The van der Waals surface area contributed by atoms with E-state index in [2.05, 4.69) is 36.3 Å². The predicted octanol–water partition coefficient (Wildman–Crippen LogP) is 5.65. The van der Waals surface area contributed by atoms with Gasteiger partial charge in [-0.15, -0.1) is 11.3 Å². The Bertz CT molecular complexity index is 1390. The molecule has 0 fully saturated rings. The van der Waals surface area contributed by atoms with Crippen LogP contribution >= 0.6 is 22.9 Å². The molecule has 0 aliphatic rings. The number of fused-ring (bicyclic) bond motifs is 1. The maximum atomic E-state index is 13.3. The number of aromatic nitrogens is 2. The van der Waals surface area contributed by atoms with Crippen molar-refractivity contribution in [2.75, 3.05) is 5.32 Å². The van der Waals surface area contributed by atoms with Crippen LogP contribution in [0.25, 0.3) is 21.3 Å². The van der Waals surface area contributed by atoms with Gasteiger partial charge < -0.3 is 5.32 Å². The van der Waals surface area contributed by atoms with E-state index in [0.717, 1.165) is 27.1 Å². The SMILES string of the molecule is Cc1ccc(-c2c(C)sc3ncn(CC(=O)Nc4ccc(Cl)cc4C)c(=O)c23)cc1C. The Morgan fingerprint density at radius 1 is 1.06 bits per heavy atom. The number of hydrogen-bond acceptors (Lipinski definition) is 4.